The molecule has 0 aliphatic heterocycles. The molecule has 0 aliphatic rings. The summed E-state index contributed by atoms with van der Waals surface area (Å²) in [5.41, 5.74) is -0.542. The predicted octanol–water partition coefficient (Wildman–Crippen LogP) is 0.0233. The van der Waals surface area contributed by atoms with Crippen molar-refractivity contribution in [3.8, 4) is 6.07 Å². The lowest BCUT2D eigenvalue weighted by Gasteiger charge is -1.71. The van der Waals surface area contributed by atoms with Gasteiger partial charge in [-0.25, -0.2) is 9.90 Å². The lowest BCUT2D eigenvalue weighted by Crippen LogP contribution is -1.91. The van der Waals surface area contributed by atoms with Crippen molar-refractivity contribution in [2.75, 3.05) is 0 Å². The maximum absolute atomic E-state index is 9.50. The van der Waals surface area contributed by atoms with Crippen LogP contribution in [0.3, 0.4) is 0 Å². The van der Waals surface area contributed by atoms with Gasteiger partial charge in [-0.1, -0.05) is 6.58 Å². The largest absolute Gasteiger partial charge is 0.396 e. The summed E-state index contributed by atoms with van der Waals surface area (Å²) in [6, 6.07) is 1.31. The highest BCUT2D eigenvalue weighted by Crippen LogP contribution is 1.82. The molecule has 0 bridgehead atoms. The molecule has 0 amide bonds. The molecule has 0 aromatic rings. The molecule has 0 saturated heterocycles. The Kier molecular flexibility index (Phi) is 1.61. The van der Waals surface area contributed by atoms with Crippen molar-refractivity contribution in [1.29, 1.82) is 5.26 Å². The van der Waals surface area contributed by atoms with Gasteiger partial charge in [-0.2, -0.15) is 5.26 Å². The molecular weight excluding hydrogens is 94.0 g/mol. The van der Waals surface area contributed by atoms with Crippen molar-refractivity contribution in [1.82, 2.24) is 0 Å². The summed E-state index contributed by atoms with van der Waals surface area (Å²) in [4.78, 5) is 9.50. The van der Waals surface area contributed by atoms with Crippen LogP contribution in [0.5, 0.6) is 0 Å². The standard InChI is InChI=1S/C4H2NO2/c1-3(2-5)4(6)7/h1H2. The molecule has 0 rings (SSSR count). The van der Waals surface area contributed by atoms with Gasteiger partial charge in [-0.05, 0) is 0 Å². The van der Waals surface area contributed by atoms with Crippen molar-refractivity contribution in [2.45, 2.75) is 0 Å². The number of rotatable bonds is 1. The van der Waals surface area contributed by atoms with Crippen LogP contribution in [-0.2, 0) is 9.90 Å². The highest BCUT2D eigenvalue weighted by molar-refractivity contribution is 5.89. The molecule has 3 nitrogen and oxygen atoms in total. The fourth-order valence-electron chi connectivity index (χ4n) is 0.0456. The number of hydrogen-bond donors (Lipinski definition) is 0. The molecule has 7 heavy (non-hydrogen) atoms. The first-order chi connectivity index (χ1) is 3.18. The Morgan fingerprint density at radius 1 is 1.71 bits per heavy atom. The third-order valence-corrected chi connectivity index (χ3v) is 0.381. The first-order valence-corrected chi connectivity index (χ1v) is 1.49. The van der Waals surface area contributed by atoms with Crippen LogP contribution >= 0.6 is 0 Å². The average molecular weight is 96.1 g/mol. The lowest BCUT2D eigenvalue weighted by atomic mass is 10.4. The molecule has 1 radical (unpaired) electrons. The first-order valence-electron chi connectivity index (χ1n) is 1.49. The Balaban J connectivity index is 3.90. The van der Waals surface area contributed by atoms with E-state index in [1.54, 1.807) is 0 Å². The van der Waals surface area contributed by atoms with Crippen LogP contribution in [0, 0.1) is 11.3 Å². The Morgan fingerprint density at radius 3 is 2.14 bits per heavy atom. The van der Waals surface area contributed by atoms with Gasteiger partial charge in [0, 0.05) is 0 Å². The van der Waals surface area contributed by atoms with Crippen molar-refractivity contribution >= 4 is 5.97 Å². The maximum Gasteiger partial charge on any atom is 0.396 e. The molecule has 0 saturated carbocycles. The number of nitrogens with zero attached hydrogens (tertiary/aromatic N) is 1. The van der Waals surface area contributed by atoms with Crippen LogP contribution in [0.15, 0.2) is 12.2 Å². The van der Waals surface area contributed by atoms with E-state index in [0.29, 0.717) is 0 Å². The molecule has 0 aliphatic carbocycles. The number of hydrogen-bond acceptors (Lipinski definition) is 2. The van der Waals surface area contributed by atoms with Gasteiger partial charge in [0.05, 0.1) is 0 Å². The molecular formula is C4H2NO2. The van der Waals surface area contributed by atoms with E-state index in [9.17, 15) is 9.90 Å². The third-order valence-electron chi connectivity index (χ3n) is 0.381. The molecule has 0 heterocycles. The first kappa shape index (κ1) is 5.70. The normalized spacial score (nSPS) is 6.71. The summed E-state index contributed by atoms with van der Waals surface area (Å²) in [5.74, 6) is -1.51. The minimum absolute atomic E-state index is 0.542. The fraction of sp³-hybridized carbons (Fsp3) is 0. The highest BCUT2D eigenvalue weighted by Gasteiger charge is 2.01. The molecule has 0 unspecified atom stereocenters. The molecule has 0 fully saturated rings. The van der Waals surface area contributed by atoms with Crippen molar-refractivity contribution < 1.29 is 9.90 Å². The summed E-state index contributed by atoms with van der Waals surface area (Å²) in [5, 5.41) is 17.2. The molecule has 0 aromatic heterocycles. The number of carbonyl (C=O) groups is 1. The van der Waals surface area contributed by atoms with Crippen molar-refractivity contribution in [3.05, 3.63) is 12.2 Å². The molecule has 0 N–H and O–H groups in total. The van der Waals surface area contributed by atoms with E-state index in [2.05, 4.69) is 6.58 Å². The Labute approximate surface area is 40.5 Å². The van der Waals surface area contributed by atoms with Crippen LogP contribution in [0.1, 0.15) is 0 Å². The van der Waals surface area contributed by atoms with Crippen molar-refractivity contribution in [2.24, 2.45) is 0 Å². The summed E-state index contributed by atoms with van der Waals surface area (Å²) in [6.45, 7) is 2.85. The third kappa shape index (κ3) is 1.55. The fourth-order valence-corrected chi connectivity index (χ4v) is 0.0456. The van der Waals surface area contributed by atoms with E-state index in [1.807, 2.05) is 0 Å². The van der Waals surface area contributed by atoms with Gasteiger partial charge >= 0.3 is 5.97 Å². The smallest absolute Gasteiger partial charge is 0.241 e. The van der Waals surface area contributed by atoms with Gasteiger partial charge in [0.2, 0.25) is 0 Å². The van der Waals surface area contributed by atoms with Gasteiger partial charge in [0.1, 0.15) is 11.6 Å². The second-order valence-electron chi connectivity index (χ2n) is 0.878. The molecule has 0 aromatic carbocycles. The van der Waals surface area contributed by atoms with E-state index in [-0.39, 0.29) is 0 Å². The van der Waals surface area contributed by atoms with Crippen LogP contribution in [0.2, 0.25) is 0 Å². The van der Waals surface area contributed by atoms with E-state index in [4.69, 9.17) is 5.26 Å². The maximum atomic E-state index is 9.50. The summed E-state index contributed by atoms with van der Waals surface area (Å²) in [6.07, 6.45) is 0. The van der Waals surface area contributed by atoms with Crippen LogP contribution in [0.4, 0.5) is 0 Å². The quantitative estimate of drug-likeness (QED) is 0.341. The van der Waals surface area contributed by atoms with Crippen LogP contribution < -0.4 is 0 Å². The van der Waals surface area contributed by atoms with E-state index in [0.717, 1.165) is 0 Å². The summed E-state index contributed by atoms with van der Waals surface area (Å²) < 4.78 is 0. The zero-order valence-electron chi connectivity index (χ0n) is 3.47. The minimum atomic E-state index is -1.51. The molecule has 3 heteroatoms. The SMILES string of the molecule is C=C(C#N)C([O])=O. The van der Waals surface area contributed by atoms with E-state index >= 15 is 0 Å². The second-order valence-corrected chi connectivity index (χ2v) is 0.878. The highest BCUT2D eigenvalue weighted by atomic mass is 16.4. The minimum Gasteiger partial charge on any atom is -0.241 e. The van der Waals surface area contributed by atoms with E-state index < -0.39 is 11.5 Å². The predicted molar refractivity (Wildman–Crippen MR) is 20.4 cm³/mol. The van der Waals surface area contributed by atoms with Gasteiger partial charge in [-0.3, -0.25) is 0 Å². The zero-order valence-corrected chi connectivity index (χ0v) is 3.47. The Hall–Kier alpha value is -1.30. The van der Waals surface area contributed by atoms with E-state index in [1.165, 1.54) is 6.07 Å². The summed E-state index contributed by atoms with van der Waals surface area (Å²) >= 11 is 0. The molecule has 35 valence electrons. The Morgan fingerprint density at radius 2 is 2.14 bits per heavy atom. The molecule has 0 spiro atoms. The topological polar surface area (TPSA) is 60.8 Å². The summed E-state index contributed by atoms with van der Waals surface area (Å²) in [7, 11) is 0. The van der Waals surface area contributed by atoms with Crippen LogP contribution in [-0.4, -0.2) is 5.97 Å². The molecule has 0 atom stereocenters. The lowest BCUT2D eigenvalue weighted by molar-refractivity contribution is -0.137. The number of carbonyl (C=O) groups excluding carboxylic acids is 1. The van der Waals surface area contributed by atoms with Crippen LogP contribution in [0.25, 0.3) is 0 Å². The Bertz CT molecular complexity index is 142. The van der Waals surface area contributed by atoms with Gasteiger partial charge in [0.25, 0.3) is 0 Å². The van der Waals surface area contributed by atoms with Gasteiger partial charge in [0.15, 0.2) is 0 Å². The second kappa shape index (κ2) is 1.98. The van der Waals surface area contributed by atoms with Crippen molar-refractivity contribution in [3.63, 3.8) is 0 Å². The average Bonchev–Trinajstić information content (AvgIpc) is 1.65. The number of nitriles is 1. The van der Waals surface area contributed by atoms with Gasteiger partial charge < -0.3 is 0 Å². The van der Waals surface area contributed by atoms with Gasteiger partial charge in [-0.15, -0.1) is 0 Å². The zero-order chi connectivity index (χ0) is 5.86. The monoisotopic (exact) mass is 96.0 g/mol.